The van der Waals surface area contributed by atoms with Gasteiger partial charge < -0.3 is 10.1 Å². The number of hydrogen-bond acceptors (Lipinski definition) is 3. The van der Waals surface area contributed by atoms with Gasteiger partial charge in [0.25, 0.3) is 0 Å². The number of methoxy groups -OCH3 is 1. The summed E-state index contributed by atoms with van der Waals surface area (Å²) in [6, 6.07) is 11.3. The highest BCUT2D eigenvalue weighted by Gasteiger charge is 2.24. The minimum atomic E-state index is -0.0678. The Balaban J connectivity index is 1.93. The Morgan fingerprint density at radius 1 is 1.30 bits per heavy atom. The third-order valence-corrected chi connectivity index (χ3v) is 4.04. The van der Waals surface area contributed by atoms with E-state index < -0.39 is 0 Å². The van der Waals surface area contributed by atoms with E-state index in [1.54, 1.807) is 7.11 Å². The maximum Gasteiger partial charge on any atom is 0.0749 e. The van der Waals surface area contributed by atoms with E-state index in [1.165, 1.54) is 12.0 Å². The van der Waals surface area contributed by atoms with E-state index >= 15 is 0 Å². The fourth-order valence-electron chi connectivity index (χ4n) is 2.86. The molecule has 0 spiro atoms. The van der Waals surface area contributed by atoms with Crippen molar-refractivity contribution in [3.8, 4) is 0 Å². The first-order valence-electron chi connectivity index (χ1n) is 7.64. The third kappa shape index (κ3) is 4.89. The molecular formula is C17H28N2O. The summed E-state index contributed by atoms with van der Waals surface area (Å²) >= 11 is 0. The number of rotatable bonds is 5. The Labute approximate surface area is 123 Å². The lowest BCUT2D eigenvalue weighted by Gasteiger charge is -2.32. The first kappa shape index (κ1) is 15.5. The molecule has 0 aromatic heterocycles. The van der Waals surface area contributed by atoms with Gasteiger partial charge >= 0.3 is 0 Å². The predicted molar refractivity (Wildman–Crippen MR) is 84.1 cm³/mol. The monoisotopic (exact) mass is 276 g/mol. The average molecular weight is 276 g/mol. The van der Waals surface area contributed by atoms with Crippen molar-refractivity contribution >= 4 is 0 Å². The second-order valence-electron chi connectivity index (χ2n) is 6.39. The molecule has 1 N–H and O–H groups in total. The number of ether oxygens (including phenoxy) is 1. The molecule has 112 valence electrons. The second-order valence-corrected chi connectivity index (χ2v) is 6.39. The predicted octanol–water partition coefficient (Wildman–Crippen LogP) is 2.32. The minimum absolute atomic E-state index is 0.0678. The quantitative estimate of drug-likeness (QED) is 0.893. The van der Waals surface area contributed by atoms with Gasteiger partial charge in [-0.3, -0.25) is 4.90 Å². The molecule has 20 heavy (non-hydrogen) atoms. The molecule has 1 fully saturated rings. The van der Waals surface area contributed by atoms with Crippen LogP contribution in [0.2, 0.25) is 0 Å². The van der Waals surface area contributed by atoms with Crippen LogP contribution in [-0.2, 0) is 11.2 Å². The number of nitrogens with zero attached hydrogens (tertiary/aromatic N) is 1. The van der Waals surface area contributed by atoms with E-state index in [1.807, 2.05) is 0 Å². The molecule has 1 unspecified atom stereocenters. The fraction of sp³-hybridized carbons (Fsp3) is 0.647. The van der Waals surface area contributed by atoms with E-state index in [2.05, 4.69) is 54.4 Å². The van der Waals surface area contributed by atoms with Gasteiger partial charge in [0.15, 0.2) is 0 Å². The molecule has 0 bridgehead atoms. The van der Waals surface area contributed by atoms with Gasteiger partial charge in [-0.1, -0.05) is 30.3 Å². The molecule has 1 heterocycles. The topological polar surface area (TPSA) is 24.5 Å². The molecule has 1 aromatic rings. The minimum Gasteiger partial charge on any atom is -0.377 e. The zero-order valence-electron chi connectivity index (χ0n) is 13.1. The van der Waals surface area contributed by atoms with E-state index in [0.717, 1.165) is 32.6 Å². The van der Waals surface area contributed by atoms with Crippen molar-refractivity contribution in [3.63, 3.8) is 0 Å². The van der Waals surface area contributed by atoms with E-state index in [-0.39, 0.29) is 5.60 Å². The Hall–Kier alpha value is -0.900. The Morgan fingerprint density at radius 2 is 2.05 bits per heavy atom. The van der Waals surface area contributed by atoms with Crippen molar-refractivity contribution in [1.82, 2.24) is 10.2 Å². The van der Waals surface area contributed by atoms with Crippen LogP contribution in [-0.4, -0.2) is 49.8 Å². The van der Waals surface area contributed by atoms with Crippen LogP contribution in [0.15, 0.2) is 30.3 Å². The van der Waals surface area contributed by atoms with Gasteiger partial charge in [-0.2, -0.15) is 0 Å². The SMILES string of the molecule is COC(C)(C)CN1CCCNC(Cc2ccccc2)C1. The second kappa shape index (κ2) is 7.21. The number of benzene rings is 1. The molecule has 0 aliphatic carbocycles. The normalized spacial score (nSPS) is 21.6. The maximum absolute atomic E-state index is 5.57. The van der Waals surface area contributed by atoms with Gasteiger partial charge in [0.1, 0.15) is 0 Å². The van der Waals surface area contributed by atoms with Crippen molar-refractivity contribution in [2.75, 3.05) is 33.3 Å². The highest BCUT2D eigenvalue weighted by molar-refractivity contribution is 5.16. The first-order valence-corrected chi connectivity index (χ1v) is 7.64. The lowest BCUT2D eigenvalue weighted by atomic mass is 10.0. The third-order valence-electron chi connectivity index (χ3n) is 4.04. The van der Waals surface area contributed by atoms with Crippen LogP contribution in [0.25, 0.3) is 0 Å². The van der Waals surface area contributed by atoms with Crippen LogP contribution in [0, 0.1) is 0 Å². The smallest absolute Gasteiger partial charge is 0.0749 e. The number of nitrogens with one attached hydrogen (secondary N) is 1. The molecule has 3 heteroatoms. The zero-order chi connectivity index (χ0) is 14.4. The average Bonchev–Trinajstić information content (AvgIpc) is 2.64. The molecule has 1 aliphatic heterocycles. The zero-order valence-corrected chi connectivity index (χ0v) is 13.1. The van der Waals surface area contributed by atoms with Crippen LogP contribution in [0.3, 0.4) is 0 Å². The van der Waals surface area contributed by atoms with Crippen LogP contribution < -0.4 is 5.32 Å². The Morgan fingerprint density at radius 3 is 2.75 bits per heavy atom. The molecule has 2 rings (SSSR count). The van der Waals surface area contributed by atoms with Crippen molar-refractivity contribution in [2.24, 2.45) is 0 Å². The summed E-state index contributed by atoms with van der Waals surface area (Å²) in [5, 5.41) is 3.68. The summed E-state index contributed by atoms with van der Waals surface area (Å²) in [6.45, 7) is 8.69. The molecule has 1 aromatic carbocycles. The highest BCUT2D eigenvalue weighted by atomic mass is 16.5. The van der Waals surface area contributed by atoms with Gasteiger partial charge in [0, 0.05) is 26.2 Å². The van der Waals surface area contributed by atoms with Crippen molar-refractivity contribution in [3.05, 3.63) is 35.9 Å². The summed E-state index contributed by atoms with van der Waals surface area (Å²) in [7, 11) is 1.80. The van der Waals surface area contributed by atoms with Crippen molar-refractivity contribution < 1.29 is 4.74 Å². The number of hydrogen-bond donors (Lipinski definition) is 1. The van der Waals surface area contributed by atoms with Gasteiger partial charge in [0.05, 0.1) is 5.60 Å². The molecule has 1 saturated heterocycles. The van der Waals surface area contributed by atoms with Gasteiger partial charge in [0.2, 0.25) is 0 Å². The molecule has 0 radical (unpaired) electrons. The standard InChI is InChI=1S/C17H28N2O/c1-17(2,20-3)14-19-11-7-10-18-16(13-19)12-15-8-5-4-6-9-15/h4-6,8-9,16,18H,7,10-14H2,1-3H3. The van der Waals surface area contributed by atoms with Crippen molar-refractivity contribution in [2.45, 2.75) is 38.3 Å². The van der Waals surface area contributed by atoms with E-state index in [4.69, 9.17) is 4.74 Å². The summed E-state index contributed by atoms with van der Waals surface area (Å²) in [4.78, 5) is 2.54. The largest absolute Gasteiger partial charge is 0.377 e. The molecule has 3 nitrogen and oxygen atoms in total. The molecule has 1 atom stereocenters. The Kier molecular flexibility index (Phi) is 5.58. The van der Waals surface area contributed by atoms with Gasteiger partial charge in [-0.15, -0.1) is 0 Å². The molecule has 0 saturated carbocycles. The maximum atomic E-state index is 5.57. The molecule has 0 amide bonds. The van der Waals surface area contributed by atoms with Crippen LogP contribution >= 0.6 is 0 Å². The fourth-order valence-corrected chi connectivity index (χ4v) is 2.86. The van der Waals surface area contributed by atoms with Crippen LogP contribution in [0.4, 0.5) is 0 Å². The van der Waals surface area contributed by atoms with Gasteiger partial charge in [-0.25, -0.2) is 0 Å². The summed E-state index contributed by atoms with van der Waals surface area (Å²) in [5.74, 6) is 0. The van der Waals surface area contributed by atoms with Crippen LogP contribution in [0.1, 0.15) is 25.8 Å². The Bertz CT molecular complexity index is 391. The summed E-state index contributed by atoms with van der Waals surface area (Å²) in [6.07, 6.45) is 2.32. The summed E-state index contributed by atoms with van der Waals surface area (Å²) in [5.41, 5.74) is 1.35. The van der Waals surface area contributed by atoms with Crippen LogP contribution in [0.5, 0.6) is 0 Å². The van der Waals surface area contributed by atoms with Gasteiger partial charge in [-0.05, 0) is 45.3 Å². The van der Waals surface area contributed by atoms with Crippen molar-refractivity contribution in [1.29, 1.82) is 0 Å². The summed E-state index contributed by atoms with van der Waals surface area (Å²) < 4.78 is 5.57. The lowest BCUT2D eigenvalue weighted by Crippen LogP contribution is -2.45. The lowest BCUT2D eigenvalue weighted by molar-refractivity contribution is -0.00772. The molecular weight excluding hydrogens is 248 g/mol. The van der Waals surface area contributed by atoms with E-state index in [0.29, 0.717) is 6.04 Å². The highest BCUT2D eigenvalue weighted by Crippen LogP contribution is 2.14. The first-order chi connectivity index (χ1) is 9.59. The molecule has 1 aliphatic rings. The van der Waals surface area contributed by atoms with E-state index in [9.17, 15) is 0 Å².